The number of phosphoric acid groups is 1. The lowest BCUT2D eigenvalue weighted by atomic mass is 10.1. The van der Waals surface area contributed by atoms with Crippen molar-refractivity contribution in [1.82, 2.24) is 0 Å². The van der Waals surface area contributed by atoms with Crippen molar-refractivity contribution < 1.29 is 42.7 Å². The molecular formula is C45H84NO9P. The molecule has 0 aromatic carbocycles. The molecule has 0 spiro atoms. The first-order valence-electron chi connectivity index (χ1n) is 22.5. The second-order valence-corrected chi connectivity index (χ2v) is 16.6. The molecular weight excluding hydrogens is 729 g/mol. The van der Waals surface area contributed by atoms with Crippen LogP contribution in [0.1, 0.15) is 200 Å². The number of aliphatic carboxylic acids is 1. The molecule has 0 rings (SSSR count). The number of nitrogens with two attached hydrogens (primary N) is 1. The first-order chi connectivity index (χ1) is 27.2. The van der Waals surface area contributed by atoms with Gasteiger partial charge in [0.05, 0.1) is 19.8 Å². The highest BCUT2D eigenvalue weighted by Crippen LogP contribution is 2.43. The van der Waals surface area contributed by atoms with Crippen molar-refractivity contribution >= 4 is 19.8 Å². The number of phosphoric ester groups is 1. The van der Waals surface area contributed by atoms with Gasteiger partial charge in [-0.15, -0.1) is 0 Å². The van der Waals surface area contributed by atoms with Gasteiger partial charge in [-0.25, -0.2) is 4.57 Å². The molecule has 11 heteroatoms. The molecule has 0 aromatic heterocycles. The molecule has 0 radical (unpaired) electrons. The monoisotopic (exact) mass is 814 g/mol. The highest BCUT2D eigenvalue weighted by atomic mass is 31.2. The Balaban J connectivity index is 4.20. The van der Waals surface area contributed by atoms with Crippen LogP contribution < -0.4 is 5.73 Å². The zero-order valence-corrected chi connectivity index (χ0v) is 36.6. The van der Waals surface area contributed by atoms with E-state index in [1.165, 1.54) is 109 Å². The lowest BCUT2D eigenvalue weighted by Crippen LogP contribution is -2.34. The molecule has 0 heterocycles. The number of unbranched alkanes of at least 4 members (excludes halogenated alkanes) is 23. The molecule has 10 nitrogen and oxygen atoms in total. The normalized spacial score (nSPS) is 14.2. The molecule has 0 aliphatic heterocycles. The average Bonchev–Trinajstić information content (AvgIpc) is 3.18. The summed E-state index contributed by atoms with van der Waals surface area (Å²) < 4.78 is 33.4. The maximum atomic E-state index is 12.6. The fourth-order valence-electron chi connectivity index (χ4n) is 6.09. The third-order valence-electron chi connectivity index (χ3n) is 9.64. The minimum Gasteiger partial charge on any atom is -0.480 e. The van der Waals surface area contributed by atoms with Crippen LogP contribution in [0.5, 0.6) is 0 Å². The van der Waals surface area contributed by atoms with Crippen LogP contribution in [0.3, 0.4) is 0 Å². The predicted octanol–water partition coefficient (Wildman–Crippen LogP) is 12.5. The van der Waals surface area contributed by atoms with Crippen molar-refractivity contribution in [2.45, 2.75) is 212 Å². The van der Waals surface area contributed by atoms with Gasteiger partial charge in [0.1, 0.15) is 12.1 Å². The van der Waals surface area contributed by atoms with Crippen LogP contribution in [-0.2, 0) is 32.7 Å². The van der Waals surface area contributed by atoms with Crippen molar-refractivity contribution in [2.24, 2.45) is 5.73 Å². The number of carbonyl (C=O) groups excluding carboxylic acids is 1. The van der Waals surface area contributed by atoms with E-state index in [2.05, 4.69) is 50.3 Å². The largest absolute Gasteiger partial charge is 0.480 e. The maximum Gasteiger partial charge on any atom is 0.472 e. The molecule has 4 N–H and O–H groups in total. The van der Waals surface area contributed by atoms with Gasteiger partial charge in [-0.3, -0.25) is 18.6 Å². The van der Waals surface area contributed by atoms with Crippen molar-refractivity contribution in [3.05, 3.63) is 36.5 Å². The molecule has 3 unspecified atom stereocenters. The molecule has 0 aliphatic carbocycles. The van der Waals surface area contributed by atoms with E-state index in [4.69, 9.17) is 29.4 Å². The predicted molar refractivity (Wildman–Crippen MR) is 231 cm³/mol. The zero-order valence-electron chi connectivity index (χ0n) is 35.7. The van der Waals surface area contributed by atoms with Gasteiger partial charge in [-0.1, -0.05) is 166 Å². The van der Waals surface area contributed by atoms with Crippen LogP contribution in [-0.4, -0.2) is 60.5 Å². The number of carbonyl (C=O) groups is 2. The molecule has 328 valence electrons. The minimum absolute atomic E-state index is 0.0113. The van der Waals surface area contributed by atoms with Gasteiger partial charge in [0.25, 0.3) is 0 Å². The number of carboxylic acid groups (broad SMARTS) is 1. The van der Waals surface area contributed by atoms with Gasteiger partial charge in [-0.05, 0) is 64.2 Å². The van der Waals surface area contributed by atoms with Gasteiger partial charge in [0.2, 0.25) is 0 Å². The molecule has 0 aromatic rings. The summed E-state index contributed by atoms with van der Waals surface area (Å²) in [6, 6.07) is -1.48. The van der Waals surface area contributed by atoms with Gasteiger partial charge >= 0.3 is 19.8 Å². The van der Waals surface area contributed by atoms with Crippen LogP contribution in [0.15, 0.2) is 36.5 Å². The smallest absolute Gasteiger partial charge is 0.472 e. The van der Waals surface area contributed by atoms with Crippen molar-refractivity contribution in [3.8, 4) is 0 Å². The Morgan fingerprint density at radius 2 is 1.00 bits per heavy atom. The summed E-state index contributed by atoms with van der Waals surface area (Å²) in [5.41, 5.74) is 5.35. The van der Waals surface area contributed by atoms with E-state index in [0.29, 0.717) is 13.0 Å². The summed E-state index contributed by atoms with van der Waals surface area (Å²) in [7, 11) is -4.62. The van der Waals surface area contributed by atoms with E-state index in [-0.39, 0.29) is 13.0 Å². The Kier molecular flexibility index (Phi) is 40.0. The van der Waals surface area contributed by atoms with E-state index in [1.54, 1.807) is 0 Å². The quantitative estimate of drug-likeness (QED) is 0.0234. The molecule has 0 saturated heterocycles. The second kappa shape index (κ2) is 41.4. The number of hydrogen-bond acceptors (Lipinski definition) is 8. The lowest BCUT2D eigenvalue weighted by molar-refractivity contribution is -0.154. The number of carboxylic acids is 1. The second-order valence-electron chi connectivity index (χ2n) is 15.2. The topological polar surface area (TPSA) is 155 Å². The fourth-order valence-corrected chi connectivity index (χ4v) is 6.86. The van der Waals surface area contributed by atoms with E-state index in [1.807, 2.05) is 0 Å². The molecule has 56 heavy (non-hydrogen) atoms. The zero-order chi connectivity index (χ0) is 41.2. The standard InChI is InChI=1S/C45H84NO9P/c1-3-5-7-9-11-13-15-17-19-20-21-22-23-24-26-28-30-32-34-36-38-52-39-42(40-53-56(50,51)54-41-43(46)45(48)49)55-44(47)37-35-33-31-29-27-25-18-16-14-12-10-8-6-4-2/h10,12,16-19,42-43H,3-9,11,13-15,20-41,46H2,1-2H3,(H,48,49)(H,50,51)/b12-10-,18-16-,19-17-. The Morgan fingerprint density at radius 1 is 0.571 bits per heavy atom. The summed E-state index contributed by atoms with van der Waals surface area (Å²) in [5.74, 6) is -1.79. The van der Waals surface area contributed by atoms with Crippen molar-refractivity contribution in [2.75, 3.05) is 26.4 Å². The number of hydrogen-bond donors (Lipinski definition) is 3. The lowest BCUT2D eigenvalue weighted by Gasteiger charge is -2.20. The first kappa shape index (κ1) is 54.2. The Morgan fingerprint density at radius 3 is 1.52 bits per heavy atom. The summed E-state index contributed by atoms with van der Waals surface area (Å²) in [6.45, 7) is 3.83. The highest BCUT2D eigenvalue weighted by molar-refractivity contribution is 7.47. The fraction of sp³-hybridized carbons (Fsp3) is 0.822. The first-order valence-corrected chi connectivity index (χ1v) is 24.0. The summed E-state index contributed by atoms with van der Waals surface area (Å²) in [4.78, 5) is 33.5. The van der Waals surface area contributed by atoms with E-state index in [9.17, 15) is 19.0 Å². The van der Waals surface area contributed by atoms with Gasteiger partial charge in [-0.2, -0.15) is 0 Å². The molecule has 0 amide bonds. The third kappa shape index (κ3) is 40.4. The molecule has 0 saturated carbocycles. The maximum absolute atomic E-state index is 12.6. The summed E-state index contributed by atoms with van der Waals surface area (Å²) in [5, 5.41) is 8.90. The number of allylic oxidation sites excluding steroid dienone is 6. The molecule has 0 fully saturated rings. The third-order valence-corrected chi connectivity index (χ3v) is 10.6. The highest BCUT2D eigenvalue weighted by Gasteiger charge is 2.27. The van der Waals surface area contributed by atoms with Gasteiger partial charge in [0.15, 0.2) is 0 Å². The van der Waals surface area contributed by atoms with Crippen molar-refractivity contribution in [3.63, 3.8) is 0 Å². The van der Waals surface area contributed by atoms with Crippen LogP contribution in [0, 0.1) is 0 Å². The molecule has 0 aliphatic rings. The van der Waals surface area contributed by atoms with Crippen LogP contribution >= 0.6 is 7.82 Å². The van der Waals surface area contributed by atoms with Crippen LogP contribution in [0.2, 0.25) is 0 Å². The number of ether oxygens (including phenoxy) is 2. The minimum atomic E-state index is -4.62. The SMILES string of the molecule is CCCC/C=C\C/C=C\CCCCCCCC(=O)OC(COCCCCCCCCCCCC/C=C\CCCCCCCC)COP(=O)(O)OCC(N)C(=O)O. The number of rotatable bonds is 43. The number of esters is 1. The van der Waals surface area contributed by atoms with E-state index in [0.717, 1.165) is 64.2 Å². The van der Waals surface area contributed by atoms with Gasteiger partial charge < -0.3 is 25.2 Å². The van der Waals surface area contributed by atoms with Gasteiger partial charge in [0, 0.05) is 13.0 Å². The van der Waals surface area contributed by atoms with Crippen LogP contribution in [0.4, 0.5) is 0 Å². The van der Waals surface area contributed by atoms with E-state index < -0.39 is 45.1 Å². The Bertz CT molecular complexity index is 1040. The molecule has 0 bridgehead atoms. The Hall–Kier alpha value is -1.81. The van der Waals surface area contributed by atoms with E-state index >= 15 is 0 Å². The molecule has 3 atom stereocenters. The average molecular weight is 814 g/mol. The summed E-state index contributed by atoms with van der Waals surface area (Å²) in [6.07, 6.45) is 46.2. The van der Waals surface area contributed by atoms with Crippen LogP contribution in [0.25, 0.3) is 0 Å². The van der Waals surface area contributed by atoms with Crippen molar-refractivity contribution in [1.29, 1.82) is 0 Å². The Labute approximate surface area is 342 Å². The summed E-state index contributed by atoms with van der Waals surface area (Å²) >= 11 is 0.